The molecule has 25 heavy (non-hydrogen) atoms. The Bertz CT molecular complexity index is 743. The lowest BCUT2D eigenvalue weighted by molar-refractivity contribution is -0.385. The number of hydrogen-bond acceptors (Lipinski definition) is 5. The van der Waals surface area contributed by atoms with Gasteiger partial charge in [0.25, 0.3) is 5.69 Å². The molecule has 7 nitrogen and oxygen atoms in total. The number of nitrogens with one attached hydrogen (secondary N) is 1. The number of sulfonamides is 1. The number of halogens is 4. The lowest BCUT2D eigenvalue weighted by Gasteiger charge is -2.21. The molecule has 1 fully saturated rings. The van der Waals surface area contributed by atoms with Crippen LogP contribution in [0.3, 0.4) is 0 Å². The predicted molar refractivity (Wildman–Crippen MR) is 85.9 cm³/mol. The molecule has 0 amide bonds. The first-order chi connectivity index (χ1) is 11.1. The highest BCUT2D eigenvalue weighted by atomic mass is 35.5. The number of benzene rings is 1. The number of hydrogen-bond donors (Lipinski definition) is 2. The fourth-order valence-electron chi connectivity index (χ4n) is 2.82. The molecule has 0 bridgehead atoms. The highest BCUT2D eigenvalue weighted by Gasteiger charge is 2.40. The van der Waals surface area contributed by atoms with Crippen LogP contribution in [-0.2, 0) is 16.2 Å². The molecule has 0 heterocycles. The van der Waals surface area contributed by atoms with Crippen LogP contribution in [0.15, 0.2) is 23.1 Å². The molecule has 1 aromatic rings. The zero-order valence-corrected chi connectivity index (χ0v) is 14.5. The molecular weight excluding hydrogens is 387 g/mol. The Balaban J connectivity index is 0.00000312. The van der Waals surface area contributed by atoms with E-state index in [0.717, 1.165) is 12.5 Å². The molecule has 1 aliphatic carbocycles. The zero-order valence-electron chi connectivity index (χ0n) is 12.8. The van der Waals surface area contributed by atoms with E-state index in [-0.39, 0.29) is 30.9 Å². The van der Waals surface area contributed by atoms with Crippen molar-refractivity contribution in [2.75, 3.05) is 6.54 Å². The molecule has 2 unspecified atom stereocenters. The third-order valence-corrected chi connectivity index (χ3v) is 5.59. The van der Waals surface area contributed by atoms with Crippen molar-refractivity contribution in [2.45, 2.75) is 36.4 Å². The van der Waals surface area contributed by atoms with Crippen LogP contribution in [0.4, 0.5) is 18.9 Å². The van der Waals surface area contributed by atoms with Gasteiger partial charge in [-0.15, -0.1) is 12.4 Å². The molecule has 3 N–H and O–H groups in total. The van der Waals surface area contributed by atoms with E-state index in [0.29, 0.717) is 18.9 Å². The predicted octanol–water partition coefficient (Wildman–Crippen LogP) is 2.44. The first-order valence-corrected chi connectivity index (χ1v) is 8.62. The molecule has 1 aliphatic rings. The van der Waals surface area contributed by atoms with Crippen LogP contribution in [0.1, 0.15) is 24.8 Å². The van der Waals surface area contributed by atoms with Crippen LogP contribution in [0, 0.1) is 16.0 Å². The molecule has 2 rings (SSSR count). The van der Waals surface area contributed by atoms with E-state index in [9.17, 15) is 31.7 Å². The third kappa shape index (κ3) is 4.81. The highest BCUT2D eigenvalue weighted by molar-refractivity contribution is 7.89. The number of alkyl halides is 3. The Kier molecular flexibility index (Phi) is 6.79. The normalized spacial score (nSPS) is 21.0. The lowest BCUT2D eigenvalue weighted by Crippen LogP contribution is -2.40. The second-order valence-electron chi connectivity index (χ2n) is 5.59. The molecule has 0 aromatic heterocycles. The van der Waals surface area contributed by atoms with E-state index >= 15 is 0 Å². The molecule has 0 spiro atoms. The zero-order chi connectivity index (χ0) is 18.1. The van der Waals surface area contributed by atoms with Gasteiger partial charge in [0.15, 0.2) is 0 Å². The summed E-state index contributed by atoms with van der Waals surface area (Å²) in [5.41, 5.74) is 3.15. The highest BCUT2D eigenvalue weighted by Crippen LogP contribution is 2.37. The van der Waals surface area contributed by atoms with Gasteiger partial charge in [-0.3, -0.25) is 10.1 Å². The van der Waals surface area contributed by atoms with Gasteiger partial charge in [-0.2, -0.15) is 13.2 Å². The smallest absolute Gasteiger partial charge is 0.330 e. The molecule has 2 atom stereocenters. The fourth-order valence-corrected chi connectivity index (χ4v) is 4.37. The topological polar surface area (TPSA) is 115 Å². The van der Waals surface area contributed by atoms with Crippen molar-refractivity contribution in [3.05, 3.63) is 33.9 Å². The Labute approximate surface area is 148 Å². The summed E-state index contributed by atoms with van der Waals surface area (Å²) in [5.74, 6) is -0.146. The van der Waals surface area contributed by atoms with Crippen molar-refractivity contribution >= 4 is 28.1 Å². The number of nitro groups is 1. The summed E-state index contributed by atoms with van der Waals surface area (Å²) in [4.78, 5) is 8.62. The van der Waals surface area contributed by atoms with Gasteiger partial charge >= 0.3 is 6.18 Å². The van der Waals surface area contributed by atoms with Crippen molar-refractivity contribution in [3.63, 3.8) is 0 Å². The number of non-ortho nitro benzene ring substituents is 1. The van der Waals surface area contributed by atoms with Gasteiger partial charge < -0.3 is 5.73 Å². The number of nitro benzene ring substituents is 1. The van der Waals surface area contributed by atoms with E-state index in [2.05, 4.69) is 4.72 Å². The molecular formula is C13H17ClF3N3O4S. The maximum atomic E-state index is 13.1. The number of nitrogens with zero attached hydrogens (tertiary/aromatic N) is 1. The van der Waals surface area contributed by atoms with Crippen molar-refractivity contribution in [1.29, 1.82) is 0 Å². The molecule has 1 saturated carbocycles. The molecule has 12 heteroatoms. The van der Waals surface area contributed by atoms with Gasteiger partial charge in [0.1, 0.15) is 0 Å². The van der Waals surface area contributed by atoms with Crippen molar-refractivity contribution < 1.29 is 26.5 Å². The van der Waals surface area contributed by atoms with Crippen LogP contribution in [-0.4, -0.2) is 25.9 Å². The summed E-state index contributed by atoms with van der Waals surface area (Å²) in [6.07, 6.45) is -3.15. The van der Waals surface area contributed by atoms with Crippen LogP contribution in [0.5, 0.6) is 0 Å². The number of nitrogens with two attached hydrogens (primary N) is 1. The maximum absolute atomic E-state index is 13.1. The summed E-state index contributed by atoms with van der Waals surface area (Å²) in [5, 5.41) is 10.7. The van der Waals surface area contributed by atoms with Crippen LogP contribution in [0.25, 0.3) is 0 Å². The van der Waals surface area contributed by atoms with Crippen molar-refractivity contribution in [2.24, 2.45) is 11.7 Å². The van der Waals surface area contributed by atoms with Crippen molar-refractivity contribution in [1.82, 2.24) is 4.72 Å². The van der Waals surface area contributed by atoms with Gasteiger partial charge in [0.2, 0.25) is 10.0 Å². The first-order valence-electron chi connectivity index (χ1n) is 7.14. The Morgan fingerprint density at radius 1 is 1.32 bits per heavy atom. The SMILES string of the molecule is Cl.NCC1CCCC1NS(=O)(=O)c1ccc([N+](=O)[O-])cc1C(F)(F)F. The quantitative estimate of drug-likeness (QED) is 0.578. The van der Waals surface area contributed by atoms with Gasteiger partial charge in [0.05, 0.1) is 15.4 Å². The van der Waals surface area contributed by atoms with E-state index < -0.39 is 43.3 Å². The van der Waals surface area contributed by atoms with Crippen LogP contribution >= 0.6 is 12.4 Å². The first kappa shape index (κ1) is 21.6. The summed E-state index contributed by atoms with van der Waals surface area (Å²) in [7, 11) is -4.49. The molecule has 142 valence electrons. The second kappa shape index (κ2) is 7.85. The van der Waals surface area contributed by atoms with Gasteiger partial charge in [0, 0.05) is 18.2 Å². The fraction of sp³-hybridized carbons (Fsp3) is 0.538. The summed E-state index contributed by atoms with van der Waals surface area (Å²) in [6, 6.07) is 1.02. The van der Waals surface area contributed by atoms with Crippen LogP contribution in [0.2, 0.25) is 0 Å². The standard InChI is InChI=1S/C13H16F3N3O4S.ClH/c14-13(15,16)10-6-9(19(20)21)4-5-12(10)24(22,23)18-11-3-1-2-8(11)7-17;/h4-6,8,11,18H,1-3,7,17H2;1H. The average Bonchev–Trinajstić information content (AvgIpc) is 2.92. The molecule has 0 saturated heterocycles. The summed E-state index contributed by atoms with van der Waals surface area (Å²) >= 11 is 0. The Hall–Kier alpha value is -1.43. The van der Waals surface area contributed by atoms with E-state index in [1.54, 1.807) is 0 Å². The Morgan fingerprint density at radius 3 is 2.48 bits per heavy atom. The summed E-state index contributed by atoms with van der Waals surface area (Å²) in [6.45, 7) is 0.222. The Morgan fingerprint density at radius 2 is 1.96 bits per heavy atom. The lowest BCUT2D eigenvalue weighted by atomic mass is 10.1. The minimum absolute atomic E-state index is 0. The number of rotatable bonds is 5. The maximum Gasteiger partial charge on any atom is 0.417 e. The van der Waals surface area contributed by atoms with Crippen LogP contribution < -0.4 is 10.5 Å². The van der Waals surface area contributed by atoms with E-state index in [4.69, 9.17) is 5.73 Å². The van der Waals surface area contributed by atoms with E-state index in [1.165, 1.54) is 0 Å². The minimum atomic E-state index is -5.04. The molecule has 1 aromatic carbocycles. The monoisotopic (exact) mass is 403 g/mol. The summed E-state index contributed by atoms with van der Waals surface area (Å²) < 4.78 is 66.4. The van der Waals surface area contributed by atoms with Gasteiger partial charge in [-0.05, 0) is 31.4 Å². The largest absolute Gasteiger partial charge is 0.417 e. The third-order valence-electron chi connectivity index (χ3n) is 4.04. The minimum Gasteiger partial charge on any atom is -0.330 e. The molecule has 0 radical (unpaired) electrons. The average molecular weight is 404 g/mol. The van der Waals surface area contributed by atoms with Crippen molar-refractivity contribution in [3.8, 4) is 0 Å². The second-order valence-corrected chi connectivity index (χ2v) is 7.27. The molecule has 0 aliphatic heterocycles. The van der Waals surface area contributed by atoms with Gasteiger partial charge in [-0.25, -0.2) is 13.1 Å². The van der Waals surface area contributed by atoms with Gasteiger partial charge in [-0.1, -0.05) is 6.42 Å². The van der Waals surface area contributed by atoms with E-state index in [1.807, 2.05) is 0 Å².